The Morgan fingerprint density at radius 3 is 1.46 bits per heavy atom. The van der Waals surface area contributed by atoms with E-state index < -0.39 is 0 Å². The van der Waals surface area contributed by atoms with Gasteiger partial charge in [-0.3, -0.25) is 4.79 Å². The number of rotatable bonds is 29. The molecule has 0 rings (SSSR count). The van der Waals surface area contributed by atoms with Gasteiger partial charge in [0.15, 0.2) is 0 Å². The minimum Gasteiger partial charge on any atom is -0.465 e. The Bertz CT molecular complexity index is 497. The Hall–Kier alpha value is -0.830. The average molecular weight is 523 g/mol. The van der Waals surface area contributed by atoms with Gasteiger partial charge < -0.3 is 9.84 Å². The maximum atomic E-state index is 11.6. The minimum atomic E-state index is -0.336. The van der Waals surface area contributed by atoms with Gasteiger partial charge in [-0.05, 0) is 46.0 Å². The van der Waals surface area contributed by atoms with Crippen molar-refractivity contribution in [3.8, 4) is 0 Å². The number of carbonyl (C=O) groups is 1. The van der Waals surface area contributed by atoms with E-state index in [-0.39, 0.29) is 12.1 Å². The number of hydrogen-bond acceptors (Lipinski definition) is 3. The molecule has 0 unspecified atom stereocenters. The lowest BCUT2D eigenvalue weighted by Gasteiger charge is -2.06. The molecule has 0 bridgehead atoms. The number of carbonyl (C=O) groups excluding carboxylic acids is 1. The number of ether oxygens (including phenoxy) is 1. The van der Waals surface area contributed by atoms with Crippen molar-refractivity contribution in [1.29, 1.82) is 0 Å². The van der Waals surface area contributed by atoms with Crippen LogP contribution in [0.2, 0.25) is 0 Å². The molecule has 0 heterocycles. The van der Waals surface area contributed by atoms with Gasteiger partial charge in [0.05, 0.1) is 12.7 Å². The van der Waals surface area contributed by atoms with Crippen molar-refractivity contribution in [1.82, 2.24) is 0 Å². The van der Waals surface area contributed by atoms with Crippen molar-refractivity contribution in [2.45, 2.75) is 194 Å². The Balaban J connectivity index is 3.26. The van der Waals surface area contributed by atoms with Crippen molar-refractivity contribution >= 4 is 5.97 Å². The number of esters is 1. The zero-order valence-corrected chi connectivity index (χ0v) is 25.5. The molecule has 0 fully saturated rings. The number of unbranched alkanes of at least 4 members (excludes halogenated alkanes) is 20. The molecule has 0 aliphatic rings. The van der Waals surface area contributed by atoms with Crippen molar-refractivity contribution in [2.75, 3.05) is 6.61 Å². The van der Waals surface area contributed by atoms with E-state index in [4.69, 9.17) is 4.74 Å². The van der Waals surface area contributed by atoms with Gasteiger partial charge >= 0.3 is 5.97 Å². The van der Waals surface area contributed by atoms with Crippen LogP contribution in [0.25, 0.3) is 0 Å². The second-order valence-electron chi connectivity index (χ2n) is 11.6. The topological polar surface area (TPSA) is 46.5 Å². The molecule has 0 amide bonds. The fraction of sp³-hybridized carbons (Fsp3) is 0.912. The van der Waals surface area contributed by atoms with Crippen molar-refractivity contribution in [3.63, 3.8) is 0 Å². The molecule has 220 valence electrons. The van der Waals surface area contributed by atoms with Crippen LogP contribution in [0.3, 0.4) is 0 Å². The van der Waals surface area contributed by atoms with Gasteiger partial charge in [0.2, 0.25) is 0 Å². The van der Waals surface area contributed by atoms with Crippen LogP contribution in [0.1, 0.15) is 188 Å². The number of hydrogen-bond donors (Lipinski definition) is 1. The highest BCUT2D eigenvalue weighted by Gasteiger charge is 2.04. The van der Waals surface area contributed by atoms with E-state index in [0.29, 0.717) is 25.9 Å². The predicted molar refractivity (Wildman–Crippen MR) is 162 cm³/mol. The molecule has 0 aromatic carbocycles. The third-order valence-electron chi connectivity index (χ3n) is 7.55. The van der Waals surface area contributed by atoms with Crippen molar-refractivity contribution < 1.29 is 14.6 Å². The molecule has 0 aromatic heterocycles. The molecule has 0 spiro atoms. The largest absolute Gasteiger partial charge is 0.465 e. The maximum Gasteiger partial charge on any atom is 0.305 e. The lowest BCUT2D eigenvalue weighted by Crippen LogP contribution is -2.07. The summed E-state index contributed by atoms with van der Waals surface area (Å²) in [6.45, 7) is 6.72. The van der Waals surface area contributed by atoms with Crippen molar-refractivity contribution in [3.05, 3.63) is 11.6 Å². The molecular weight excluding hydrogens is 456 g/mol. The van der Waals surface area contributed by atoms with E-state index in [1.165, 1.54) is 147 Å². The molecule has 0 saturated carbocycles. The van der Waals surface area contributed by atoms with Crippen LogP contribution in [0.4, 0.5) is 0 Å². The van der Waals surface area contributed by atoms with E-state index in [2.05, 4.69) is 19.9 Å². The van der Waals surface area contributed by atoms with E-state index in [9.17, 15) is 9.90 Å². The third kappa shape index (κ3) is 31.3. The Morgan fingerprint density at radius 2 is 1.05 bits per heavy atom. The van der Waals surface area contributed by atoms with Gasteiger partial charge in [-0.1, -0.05) is 147 Å². The van der Waals surface area contributed by atoms with E-state index in [1.807, 2.05) is 0 Å². The molecule has 3 nitrogen and oxygen atoms in total. The summed E-state index contributed by atoms with van der Waals surface area (Å²) in [6, 6.07) is 0. The van der Waals surface area contributed by atoms with Gasteiger partial charge in [-0.25, -0.2) is 0 Å². The predicted octanol–water partition coefficient (Wildman–Crippen LogP) is 11.0. The molecule has 1 N–H and O–H groups in total. The van der Waals surface area contributed by atoms with Crippen molar-refractivity contribution in [2.24, 2.45) is 0 Å². The van der Waals surface area contributed by atoms with Gasteiger partial charge in [0.25, 0.3) is 0 Å². The summed E-state index contributed by atoms with van der Waals surface area (Å²) in [7, 11) is 0. The fourth-order valence-electron chi connectivity index (χ4n) is 5.03. The molecule has 3 heteroatoms. The van der Waals surface area contributed by atoms with Crippen LogP contribution in [0, 0.1) is 0 Å². The highest BCUT2D eigenvalue weighted by Crippen LogP contribution is 2.16. The second kappa shape index (κ2) is 29.7. The summed E-state index contributed by atoms with van der Waals surface area (Å²) in [6.07, 6.45) is 35.6. The zero-order valence-electron chi connectivity index (χ0n) is 25.5. The Morgan fingerprint density at radius 1 is 0.649 bits per heavy atom. The summed E-state index contributed by atoms with van der Waals surface area (Å²) >= 11 is 0. The van der Waals surface area contributed by atoms with Crippen LogP contribution in [-0.4, -0.2) is 23.8 Å². The molecule has 0 saturated heterocycles. The molecule has 0 aliphatic heterocycles. The lowest BCUT2D eigenvalue weighted by molar-refractivity contribution is -0.143. The van der Waals surface area contributed by atoms with Gasteiger partial charge in [0.1, 0.15) is 0 Å². The summed E-state index contributed by atoms with van der Waals surface area (Å²) in [5.74, 6) is -0.143. The minimum absolute atomic E-state index is 0.143. The first-order valence-electron chi connectivity index (χ1n) is 16.6. The number of aliphatic hydroxyl groups is 1. The summed E-state index contributed by atoms with van der Waals surface area (Å²) in [4.78, 5) is 11.6. The van der Waals surface area contributed by atoms with Crippen LogP contribution in [-0.2, 0) is 9.53 Å². The number of aliphatic hydroxyl groups excluding tert-OH is 1. The second-order valence-corrected chi connectivity index (χ2v) is 11.6. The van der Waals surface area contributed by atoms with Crippen LogP contribution in [0.15, 0.2) is 11.6 Å². The first-order chi connectivity index (χ1) is 18.1. The number of allylic oxidation sites excluding steroid dienone is 1. The Labute approximate surface area is 232 Å². The normalized spacial score (nSPS) is 12.7. The van der Waals surface area contributed by atoms with E-state index in [1.54, 1.807) is 6.92 Å². The standard InChI is InChI=1S/C34H66O3/c1-4-5-6-7-8-9-10-11-12-13-14-15-16-17-18-19-20-21-22-23-24-27-32(2)28-26-31-37-34(36)30-25-29-33(3)35/h28,33,35H,4-27,29-31H2,1-3H3/b32-28-/t33-/m0/s1. The zero-order chi connectivity index (χ0) is 27.2. The highest BCUT2D eigenvalue weighted by molar-refractivity contribution is 5.69. The molecular formula is C34H66O3. The quantitative estimate of drug-likeness (QED) is 0.0603. The van der Waals surface area contributed by atoms with Crippen LogP contribution >= 0.6 is 0 Å². The van der Waals surface area contributed by atoms with Gasteiger partial charge in [-0.15, -0.1) is 0 Å². The van der Waals surface area contributed by atoms with Gasteiger partial charge in [-0.2, -0.15) is 0 Å². The monoisotopic (exact) mass is 523 g/mol. The first-order valence-corrected chi connectivity index (χ1v) is 16.6. The summed E-state index contributed by atoms with van der Waals surface area (Å²) in [5, 5.41) is 9.21. The molecule has 0 aliphatic carbocycles. The van der Waals surface area contributed by atoms with Crippen LogP contribution in [0.5, 0.6) is 0 Å². The highest BCUT2D eigenvalue weighted by atomic mass is 16.5. The van der Waals surface area contributed by atoms with E-state index in [0.717, 1.165) is 6.42 Å². The summed E-state index contributed by atoms with van der Waals surface area (Å²) < 4.78 is 5.26. The van der Waals surface area contributed by atoms with Crippen LogP contribution < -0.4 is 0 Å². The molecule has 1 atom stereocenters. The first kappa shape index (κ1) is 36.2. The molecule has 37 heavy (non-hydrogen) atoms. The van der Waals surface area contributed by atoms with E-state index >= 15 is 0 Å². The third-order valence-corrected chi connectivity index (χ3v) is 7.55. The SMILES string of the molecule is CCCCCCCCCCCCCCCCCCCCCCC/C(C)=C\CCOC(=O)CCC[C@H](C)O. The molecule has 0 radical (unpaired) electrons. The maximum absolute atomic E-state index is 11.6. The molecule has 0 aromatic rings. The summed E-state index contributed by atoms with van der Waals surface area (Å²) in [5.41, 5.74) is 1.42. The fourth-order valence-corrected chi connectivity index (χ4v) is 5.03. The van der Waals surface area contributed by atoms with Gasteiger partial charge in [0, 0.05) is 6.42 Å². The Kier molecular flexibility index (Phi) is 29.1. The lowest BCUT2D eigenvalue weighted by atomic mass is 10.0. The smallest absolute Gasteiger partial charge is 0.305 e. The average Bonchev–Trinajstić information content (AvgIpc) is 2.87.